The van der Waals surface area contributed by atoms with Gasteiger partial charge in [-0.05, 0) is 43.5 Å². The minimum Gasteiger partial charge on any atom is -0.334 e. The minimum atomic E-state index is -0.354. The highest BCUT2D eigenvalue weighted by molar-refractivity contribution is 6.22. The molecule has 6 nitrogen and oxygen atoms in total. The summed E-state index contributed by atoms with van der Waals surface area (Å²) in [6.07, 6.45) is 5.00. The van der Waals surface area contributed by atoms with Gasteiger partial charge in [0.2, 0.25) is 0 Å². The lowest BCUT2D eigenvalue weighted by Crippen LogP contribution is -2.40. The van der Waals surface area contributed by atoms with E-state index in [9.17, 15) is 14.4 Å². The highest BCUT2D eigenvalue weighted by Crippen LogP contribution is 2.32. The van der Waals surface area contributed by atoms with Gasteiger partial charge >= 0.3 is 6.03 Å². The SMILES string of the molecule is Cc1cccc(CNC(=O)Nc2ccc3c(c2)C(=O)N(C2CCCCC2)C3=O)c1. The lowest BCUT2D eigenvalue weighted by atomic mass is 9.94. The quantitative estimate of drug-likeness (QED) is 0.765. The van der Waals surface area contributed by atoms with Crippen molar-refractivity contribution in [2.24, 2.45) is 0 Å². The van der Waals surface area contributed by atoms with Crippen LogP contribution < -0.4 is 10.6 Å². The molecule has 1 aliphatic heterocycles. The maximum Gasteiger partial charge on any atom is 0.319 e. The molecule has 1 heterocycles. The summed E-state index contributed by atoms with van der Waals surface area (Å²) in [6.45, 7) is 2.41. The molecule has 2 N–H and O–H groups in total. The monoisotopic (exact) mass is 391 g/mol. The van der Waals surface area contributed by atoms with Crippen molar-refractivity contribution in [1.29, 1.82) is 0 Å². The Balaban J connectivity index is 1.42. The number of hydrogen-bond acceptors (Lipinski definition) is 3. The number of fused-ring (bicyclic) bond motifs is 1. The second-order valence-electron chi connectivity index (χ2n) is 7.83. The Morgan fingerprint density at radius 3 is 2.52 bits per heavy atom. The molecule has 0 saturated heterocycles. The molecule has 6 heteroatoms. The van der Waals surface area contributed by atoms with Gasteiger partial charge in [0.05, 0.1) is 11.1 Å². The first-order valence-electron chi connectivity index (χ1n) is 10.2. The van der Waals surface area contributed by atoms with E-state index in [0.29, 0.717) is 23.4 Å². The van der Waals surface area contributed by atoms with Crippen LogP contribution in [0.5, 0.6) is 0 Å². The average molecular weight is 391 g/mol. The van der Waals surface area contributed by atoms with Crippen molar-refractivity contribution in [2.75, 3.05) is 5.32 Å². The van der Waals surface area contributed by atoms with E-state index in [0.717, 1.165) is 43.2 Å². The van der Waals surface area contributed by atoms with E-state index in [1.54, 1.807) is 18.2 Å². The van der Waals surface area contributed by atoms with Crippen molar-refractivity contribution in [3.8, 4) is 0 Å². The van der Waals surface area contributed by atoms with Gasteiger partial charge in [0, 0.05) is 18.3 Å². The van der Waals surface area contributed by atoms with Crippen LogP contribution in [0.2, 0.25) is 0 Å². The van der Waals surface area contributed by atoms with Gasteiger partial charge in [0.25, 0.3) is 11.8 Å². The lowest BCUT2D eigenvalue weighted by Gasteiger charge is -2.29. The molecule has 29 heavy (non-hydrogen) atoms. The predicted molar refractivity (Wildman–Crippen MR) is 111 cm³/mol. The van der Waals surface area contributed by atoms with Crippen LogP contribution in [-0.4, -0.2) is 28.8 Å². The topological polar surface area (TPSA) is 78.5 Å². The summed E-state index contributed by atoms with van der Waals surface area (Å²) in [7, 11) is 0. The molecule has 0 spiro atoms. The predicted octanol–water partition coefficient (Wildman–Crippen LogP) is 4.25. The maximum atomic E-state index is 12.9. The normalized spacial score (nSPS) is 16.7. The molecule has 0 aromatic heterocycles. The molecule has 2 aromatic rings. The van der Waals surface area contributed by atoms with Gasteiger partial charge in [-0.2, -0.15) is 0 Å². The molecule has 0 atom stereocenters. The Morgan fingerprint density at radius 2 is 1.76 bits per heavy atom. The number of amides is 4. The fraction of sp³-hybridized carbons (Fsp3) is 0.348. The van der Waals surface area contributed by atoms with Crippen molar-refractivity contribution >= 4 is 23.5 Å². The van der Waals surface area contributed by atoms with Gasteiger partial charge in [0.15, 0.2) is 0 Å². The van der Waals surface area contributed by atoms with Crippen LogP contribution in [0.3, 0.4) is 0 Å². The van der Waals surface area contributed by atoms with Gasteiger partial charge in [-0.3, -0.25) is 14.5 Å². The highest BCUT2D eigenvalue weighted by Gasteiger charge is 2.40. The molecule has 150 valence electrons. The fourth-order valence-electron chi connectivity index (χ4n) is 4.19. The molecule has 1 saturated carbocycles. The highest BCUT2D eigenvalue weighted by atomic mass is 16.2. The van der Waals surface area contributed by atoms with E-state index in [1.165, 1.54) is 4.90 Å². The van der Waals surface area contributed by atoms with Crippen LogP contribution >= 0.6 is 0 Å². The number of carbonyl (C=O) groups is 3. The summed E-state index contributed by atoms with van der Waals surface area (Å²) in [5.41, 5.74) is 3.44. The van der Waals surface area contributed by atoms with Gasteiger partial charge in [-0.15, -0.1) is 0 Å². The van der Waals surface area contributed by atoms with E-state index in [-0.39, 0.29) is 23.9 Å². The first kappa shape index (κ1) is 19.2. The number of benzene rings is 2. The van der Waals surface area contributed by atoms with E-state index in [4.69, 9.17) is 0 Å². The van der Waals surface area contributed by atoms with E-state index >= 15 is 0 Å². The molecular formula is C23H25N3O3. The molecule has 4 amide bonds. The first-order valence-corrected chi connectivity index (χ1v) is 10.2. The molecule has 2 aliphatic rings. The third-order valence-electron chi connectivity index (χ3n) is 5.65. The zero-order chi connectivity index (χ0) is 20.4. The summed E-state index contributed by atoms with van der Waals surface area (Å²) in [5, 5.41) is 5.56. The summed E-state index contributed by atoms with van der Waals surface area (Å²) >= 11 is 0. The number of nitrogens with one attached hydrogen (secondary N) is 2. The molecule has 0 bridgehead atoms. The summed E-state index contributed by atoms with van der Waals surface area (Å²) < 4.78 is 0. The zero-order valence-electron chi connectivity index (χ0n) is 16.5. The molecule has 2 aromatic carbocycles. The molecule has 1 fully saturated rings. The summed E-state index contributed by atoms with van der Waals surface area (Å²) in [5.74, 6) is -0.465. The summed E-state index contributed by atoms with van der Waals surface area (Å²) in [6, 6.07) is 12.5. The number of urea groups is 1. The number of aryl methyl sites for hydroxylation is 1. The number of nitrogens with zero attached hydrogens (tertiary/aromatic N) is 1. The van der Waals surface area contributed by atoms with Crippen LogP contribution in [0.15, 0.2) is 42.5 Å². The molecule has 0 radical (unpaired) electrons. The number of imide groups is 1. The van der Waals surface area contributed by atoms with Crippen LogP contribution in [0.4, 0.5) is 10.5 Å². The minimum absolute atomic E-state index is 0.00909. The van der Waals surface area contributed by atoms with Gasteiger partial charge in [-0.25, -0.2) is 4.79 Å². The van der Waals surface area contributed by atoms with Crippen molar-refractivity contribution in [3.05, 3.63) is 64.7 Å². The van der Waals surface area contributed by atoms with Crippen molar-refractivity contribution < 1.29 is 14.4 Å². The second-order valence-corrected chi connectivity index (χ2v) is 7.83. The van der Waals surface area contributed by atoms with Crippen LogP contribution in [0.25, 0.3) is 0 Å². The molecule has 0 unspecified atom stereocenters. The largest absolute Gasteiger partial charge is 0.334 e. The summed E-state index contributed by atoms with van der Waals surface area (Å²) in [4.78, 5) is 39.3. The Labute approximate surface area is 170 Å². The standard InChI is InChI=1S/C23H25N3O3/c1-15-6-5-7-16(12-15)14-24-23(29)25-17-10-11-19-20(13-17)22(28)26(21(19)27)18-8-3-2-4-9-18/h5-7,10-13,18H,2-4,8-9,14H2,1H3,(H2,24,25,29). The van der Waals surface area contributed by atoms with E-state index in [1.807, 2.05) is 31.2 Å². The molecular weight excluding hydrogens is 366 g/mol. The van der Waals surface area contributed by atoms with E-state index < -0.39 is 0 Å². The smallest absolute Gasteiger partial charge is 0.319 e. The second kappa shape index (κ2) is 8.07. The van der Waals surface area contributed by atoms with Gasteiger partial charge in [-0.1, -0.05) is 49.1 Å². The number of carbonyl (C=O) groups excluding carboxylic acids is 3. The molecule has 4 rings (SSSR count). The zero-order valence-corrected chi connectivity index (χ0v) is 16.5. The maximum absolute atomic E-state index is 12.9. The Hall–Kier alpha value is -3.15. The third kappa shape index (κ3) is 4.01. The Bertz CT molecular complexity index is 964. The van der Waals surface area contributed by atoms with Crippen molar-refractivity contribution in [3.63, 3.8) is 0 Å². The number of anilines is 1. The van der Waals surface area contributed by atoms with Gasteiger partial charge in [0.1, 0.15) is 0 Å². The van der Waals surface area contributed by atoms with E-state index in [2.05, 4.69) is 10.6 Å². The van der Waals surface area contributed by atoms with Crippen LogP contribution in [-0.2, 0) is 6.54 Å². The van der Waals surface area contributed by atoms with Crippen molar-refractivity contribution in [2.45, 2.75) is 51.6 Å². The fourth-order valence-corrected chi connectivity index (χ4v) is 4.19. The third-order valence-corrected chi connectivity index (χ3v) is 5.65. The Morgan fingerprint density at radius 1 is 1.00 bits per heavy atom. The van der Waals surface area contributed by atoms with Crippen LogP contribution in [0, 0.1) is 6.92 Å². The molecule has 1 aliphatic carbocycles. The average Bonchev–Trinajstić information content (AvgIpc) is 2.97. The van der Waals surface area contributed by atoms with Crippen molar-refractivity contribution in [1.82, 2.24) is 10.2 Å². The number of hydrogen-bond donors (Lipinski definition) is 2. The Kier molecular flexibility index (Phi) is 5.34. The van der Waals surface area contributed by atoms with Crippen LogP contribution in [0.1, 0.15) is 63.9 Å². The van der Waals surface area contributed by atoms with Gasteiger partial charge < -0.3 is 10.6 Å². The number of rotatable bonds is 4. The lowest BCUT2D eigenvalue weighted by molar-refractivity contribution is 0.0549. The first-order chi connectivity index (χ1) is 14.0.